The standard InChI is InChI=1S/C32H47N3O2/c1-6-7-8-9-10-26-11-13-27(14-12-26)31(37)33-28-15-17-29(18-16-28)34-19-21-35(22-20-34)30(36)23-25(2)24-32(3,4)5/h11-18,25H,6-10,19-24H2,1-5H3,(H,33,37)/t25-/m0/s1. The molecular formula is C32H47N3O2. The van der Waals surface area contributed by atoms with Gasteiger partial charge in [-0.25, -0.2) is 0 Å². The molecule has 0 aromatic heterocycles. The summed E-state index contributed by atoms with van der Waals surface area (Å²) in [7, 11) is 0. The molecule has 0 spiro atoms. The summed E-state index contributed by atoms with van der Waals surface area (Å²) in [6, 6.07) is 16.0. The van der Waals surface area contributed by atoms with Gasteiger partial charge >= 0.3 is 0 Å². The van der Waals surface area contributed by atoms with Crippen LogP contribution < -0.4 is 10.2 Å². The molecule has 0 bridgehead atoms. The van der Waals surface area contributed by atoms with E-state index in [2.05, 4.69) is 69.1 Å². The Hall–Kier alpha value is -2.82. The average molecular weight is 506 g/mol. The lowest BCUT2D eigenvalue weighted by atomic mass is 9.84. The Morgan fingerprint density at radius 2 is 1.54 bits per heavy atom. The number of benzene rings is 2. The zero-order valence-corrected chi connectivity index (χ0v) is 23.7. The molecule has 202 valence electrons. The van der Waals surface area contributed by atoms with E-state index >= 15 is 0 Å². The minimum atomic E-state index is -0.0851. The third-order valence-electron chi connectivity index (χ3n) is 7.14. The molecule has 0 aliphatic carbocycles. The maximum atomic E-state index is 12.8. The van der Waals surface area contributed by atoms with Gasteiger partial charge in [0, 0.05) is 49.5 Å². The smallest absolute Gasteiger partial charge is 0.255 e. The number of carbonyl (C=O) groups is 2. The molecule has 1 atom stereocenters. The maximum Gasteiger partial charge on any atom is 0.255 e. The third-order valence-corrected chi connectivity index (χ3v) is 7.14. The molecule has 2 aromatic rings. The Kier molecular flexibility index (Phi) is 10.6. The van der Waals surface area contributed by atoms with Crippen molar-refractivity contribution in [2.45, 2.75) is 79.6 Å². The largest absolute Gasteiger partial charge is 0.368 e. The number of nitrogens with one attached hydrogen (secondary N) is 1. The number of carbonyl (C=O) groups excluding carboxylic acids is 2. The summed E-state index contributed by atoms with van der Waals surface area (Å²) in [5.74, 6) is 0.596. The van der Waals surface area contributed by atoms with Gasteiger partial charge in [-0.05, 0) is 72.6 Å². The topological polar surface area (TPSA) is 52.7 Å². The molecule has 0 unspecified atom stereocenters. The number of amides is 2. The first-order chi connectivity index (χ1) is 17.6. The quantitative estimate of drug-likeness (QED) is 0.329. The summed E-state index contributed by atoms with van der Waals surface area (Å²) in [5.41, 5.74) is 4.14. The number of hydrogen-bond acceptors (Lipinski definition) is 3. The van der Waals surface area contributed by atoms with Gasteiger partial charge in [-0.2, -0.15) is 0 Å². The molecule has 1 N–H and O–H groups in total. The van der Waals surface area contributed by atoms with Gasteiger partial charge in [-0.15, -0.1) is 0 Å². The Labute approximate surface area is 224 Å². The van der Waals surface area contributed by atoms with Crippen molar-refractivity contribution in [2.75, 3.05) is 36.4 Å². The van der Waals surface area contributed by atoms with Crippen molar-refractivity contribution < 1.29 is 9.59 Å². The third kappa shape index (κ3) is 9.53. The zero-order valence-electron chi connectivity index (χ0n) is 23.7. The normalized spacial score (nSPS) is 14.9. The molecule has 0 saturated carbocycles. The van der Waals surface area contributed by atoms with Gasteiger partial charge in [-0.3, -0.25) is 9.59 Å². The minimum Gasteiger partial charge on any atom is -0.368 e. The van der Waals surface area contributed by atoms with Crippen LogP contribution >= 0.6 is 0 Å². The predicted molar refractivity (Wildman–Crippen MR) is 155 cm³/mol. The van der Waals surface area contributed by atoms with Crippen LogP contribution in [0.1, 0.15) is 89.1 Å². The van der Waals surface area contributed by atoms with Gasteiger partial charge in [0.1, 0.15) is 0 Å². The van der Waals surface area contributed by atoms with Crippen LogP contribution in [0.4, 0.5) is 11.4 Å². The highest BCUT2D eigenvalue weighted by Crippen LogP contribution is 2.27. The molecule has 2 amide bonds. The van der Waals surface area contributed by atoms with Gasteiger partial charge in [0.05, 0.1) is 0 Å². The fraction of sp³-hybridized carbons (Fsp3) is 0.562. The number of nitrogens with zero attached hydrogens (tertiary/aromatic N) is 2. The summed E-state index contributed by atoms with van der Waals surface area (Å²) in [4.78, 5) is 29.8. The zero-order chi connectivity index (χ0) is 26.8. The van der Waals surface area contributed by atoms with E-state index in [1.807, 2.05) is 29.2 Å². The Morgan fingerprint density at radius 3 is 2.14 bits per heavy atom. The van der Waals surface area contributed by atoms with Crippen LogP contribution in [0, 0.1) is 11.3 Å². The number of aryl methyl sites for hydroxylation is 1. The molecule has 5 nitrogen and oxygen atoms in total. The van der Waals surface area contributed by atoms with Crippen molar-refractivity contribution in [1.29, 1.82) is 0 Å². The molecular weight excluding hydrogens is 458 g/mol. The van der Waals surface area contributed by atoms with E-state index < -0.39 is 0 Å². The lowest BCUT2D eigenvalue weighted by molar-refractivity contribution is -0.132. The van der Waals surface area contributed by atoms with E-state index in [-0.39, 0.29) is 17.2 Å². The molecule has 5 heteroatoms. The monoisotopic (exact) mass is 505 g/mol. The second kappa shape index (κ2) is 13.6. The molecule has 0 radical (unpaired) electrons. The summed E-state index contributed by atoms with van der Waals surface area (Å²) < 4.78 is 0. The highest BCUT2D eigenvalue weighted by molar-refractivity contribution is 6.04. The predicted octanol–water partition coefficient (Wildman–Crippen LogP) is 7.17. The van der Waals surface area contributed by atoms with E-state index in [4.69, 9.17) is 0 Å². The molecule has 1 aliphatic rings. The first-order valence-corrected chi connectivity index (χ1v) is 14.2. The SMILES string of the molecule is CCCCCCc1ccc(C(=O)Nc2ccc(N3CCN(C(=O)C[C@H](C)CC(C)(C)C)CC3)cc2)cc1. The summed E-state index contributed by atoms with van der Waals surface area (Å²) >= 11 is 0. The van der Waals surface area contributed by atoms with Gasteiger partial charge in [0.25, 0.3) is 5.91 Å². The highest BCUT2D eigenvalue weighted by atomic mass is 16.2. The molecule has 1 saturated heterocycles. The van der Waals surface area contributed by atoms with Crippen LogP contribution in [-0.2, 0) is 11.2 Å². The van der Waals surface area contributed by atoms with Gasteiger partial charge in [-0.1, -0.05) is 66.0 Å². The van der Waals surface area contributed by atoms with Crippen LogP contribution in [0.25, 0.3) is 0 Å². The second-order valence-electron chi connectivity index (χ2n) is 12.0. The van der Waals surface area contributed by atoms with Crippen molar-refractivity contribution in [3.8, 4) is 0 Å². The van der Waals surface area contributed by atoms with Gasteiger partial charge in [0.2, 0.25) is 5.91 Å². The Balaban J connectivity index is 1.44. The molecule has 3 rings (SSSR count). The van der Waals surface area contributed by atoms with Crippen LogP contribution in [0.15, 0.2) is 48.5 Å². The number of anilines is 2. The first kappa shape index (κ1) is 28.7. The van der Waals surface area contributed by atoms with Crippen molar-refractivity contribution in [3.63, 3.8) is 0 Å². The van der Waals surface area contributed by atoms with E-state index in [0.717, 1.165) is 50.4 Å². The molecule has 2 aromatic carbocycles. The van der Waals surface area contributed by atoms with Gasteiger partial charge in [0.15, 0.2) is 0 Å². The number of unbranched alkanes of at least 4 members (excludes halogenated alkanes) is 3. The number of piperazine rings is 1. The van der Waals surface area contributed by atoms with Crippen molar-refractivity contribution in [3.05, 3.63) is 59.7 Å². The van der Waals surface area contributed by atoms with Crippen LogP contribution in [0.3, 0.4) is 0 Å². The summed E-state index contributed by atoms with van der Waals surface area (Å²) in [6.45, 7) is 14.3. The van der Waals surface area contributed by atoms with Crippen LogP contribution in [0.2, 0.25) is 0 Å². The van der Waals surface area contributed by atoms with E-state index in [0.29, 0.717) is 17.9 Å². The maximum absolute atomic E-state index is 12.8. The number of hydrogen-bond donors (Lipinski definition) is 1. The molecule has 1 heterocycles. The van der Waals surface area contributed by atoms with Crippen molar-refractivity contribution >= 4 is 23.2 Å². The molecule has 37 heavy (non-hydrogen) atoms. The lowest BCUT2D eigenvalue weighted by Gasteiger charge is -2.37. The fourth-order valence-corrected chi connectivity index (χ4v) is 5.30. The van der Waals surface area contributed by atoms with Crippen molar-refractivity contribution in [2.24, 2.45) is 11.3 Å². The summed E-state index contributed by atoms with van der Waals surface area (Å²) in [5, 5.41) is 3.01. The first-order valence-electron chi connectivity index (χ1n) is 14.2. The van der Waals surface area contributed by atoms with E-state index in [9.17, 15) is 9.59 Å². The Bertz CT molecular complexity index is 984. The van der Waals surface area contributed by atoms with E-state index in [1.54, 1.807) is 0 Å². The second-order valence-corrected chi connectivity index (χ2v) is 12.0. The van der Waals surface area contributed by atoms with Crippen LogP contribution in [0.5, 0.6) is 0 Å². The molecule has 1 fully saturated rings. The fourth-order valence-electron chi connectivity index (χ4n) is 5.30. The lowest BCUT2D eigenvalue weighted by Crippen LogP contribution is -2.49. The Morgan fingerprint density at radius 1 is 0.892 bits per heavy atom. The van der Waals surface area contributed by atoms with Crippen LogP contribution in [-0.4, -0.2) is 42.9 Å². The summed E-state index contributed by atoms with van der Waals surface area (Å²) in [6.07, 6.45) is 7.76. The van der Waals surface area contributed by atoms with Gasteiger partial charge < -0.3 is 15.1 Å². The minimum absolute atomic E-state index is 0.0851. The highest BCUT2D eigenvalue weighted by Gasteiger charge is 2.24. The number of rotatable bonds is 11. The van der Waals surface area contributed by atoms with Crippen molar-refractivity contribution in [1.82, 2.24) is 4.90 Å². The van der Waals surface area contributed by atoms with E-state index in [1.165, 1.54) is 31.2 Å². The average Bonchev–Trinajstić information content (AvgIpc) is 2.86. The molecule has 1 aliphatic heterocycles.